The first-order valence-corrected chi connectivity index (χ1v) is 8.28. The number of benzene rings is 1. The van der Waals surface area contributed by atoms with Crippen molar-refractivity contribution in [1.29, 1.82) is 0 Å². The first-order chi connectivity index (χ1) is 12.1. The van der Waals surface area contributed by atoms with E-state index in [4.69, 9.17) is 9.26 Å². The largest absolute Gasteiger partial charge is 0.378 e. The van der Waals surface area contributed by atoms with Gasteiger partial charge in [-0.25, -0.2) is 0 Å². The van der Waals surface area contributed by atoms with Gasteiger partial charge in [-0.15, -0.1) is 0 Å². The van der Waals surface area contributed by atoms with Crippen LogP contribution in [0.4, 0.5) is 5.69 Å². The summed E-state index contributed by atoms with van der Waals surface area (Å²) in [5.74, 6) is 1.46. The van der Waals surface area contributed by atoms with E-state index in [2.05, 4.69) is 15.1 Å². The third-order valence-electron chi connectivity index (χ3n) is 4.63. The number of hydrogen-bond donors (Lipinski definition) is 1. The molecule has 0 amide bonds. The van der Waals surface area contributed by atoms with Crippen molar-refractivity contribution in [3.63, 3.8) is 0 Å². The first kappa shape index (κ1) is 15.8. The van der Waals surface area contributed by atoms with Crippen LogP contribution in [0.15, 0.2) is 28.9 Å². The molecule has 0 saturated carbocycles. The lowest BCUT2D eigenvalue weighted by Gasteiger charge is -2.24. The van der Waals surface area contributed by atoms with Gasteiger partial charge >= 0.3 is 0 Å². The average molecular weight is 342 g/mol. The molecule has 130 valence electrons. The van der Waals surface area contributed by atoms with Gasteiger partial charge in [-0.3, -0.25) is 10.1 Å². The minimum absolute atomic E-state index is 0.0679. The Kier molecular flexibility index (Phi) is 3.96. The molecular weight excluding hydrogens is 324 g/mol. The zero-order valence-electron chi connectivity index (χ0n) is 13.8. The van der Waals surface area contributed by atoms with Gasteiger partial charge in [0.1, 0.15) is 0 Å². The number of hydrogen-bond acceptors (Lipinski definition) is 6. The predicted octanol–water partition coefficient (Wildman–Crippen LogP) is 3.33. The maximum atomic E-state index is 11.0. The number of nitrogens with zero attached hydrogens (tertiary/aromatic N) is 3. The molecule has 2 atom stereocenters. The Hall–Kier alpha value is -2.74. The smallest absolute Gasteiger partial charge is 0.270 e. The molecule has 1 aliphatic rings. The number of ether oxygens (including phenoxy) is 1. The normalized spacial score (nSPS) is 20.8. The highest BCUT2D eigenvalue weighted by Gasteiger charge is 2.26. The Balaban J connectivity index is 1.57. The Bertz CT molecular complexity index is 916. The van der Waals surface area contributed by atoms with Gasteiger partial charge in [0, 0.05) is 48.2 Å². The number of H-pyrrole nitrogens is 1. The molecule has 3 aromatic rings. The lowest BCUT2D eigenvalue weighted by atomic mass is 9.96. The summed E-state index contributed by atoms with van der Waals surface area (Å²) >= 11 is 0. The molecule has 3 heterocycles. The molecule has 0 spiro atoms. The fourth-order valence-electron chi connectivity index (χ4n) is 3.32. The van der Waals surface area contributed by atoms with Crippen LogP contribution in [-0.2, 0) is 11.2 Å². The molecule has 1 aromatic carbocycles. The maximum Gasteiger partial charge on any atom is 0.270 e. The van der Waals surface area contributed by atoms with Crippen LogP contribution in [-0.4, -0.2) is 32.8 Å². The molecule has 4 rings (SSSR count). The first-order valence-electron chi connectivity index (χ1n) is 8.28. The Labute approximate surface area is 143 Å². The van der Waals surface area contributed by atoms with E-state index in [1.54, 1.807) is 12.1 Å². The third kappa shape index (κ3) is 3.12. The van der Waals surface area contributed by atoms with Gasteiger partial charge in [-0.1, -0.05) is 5.16 Å². The number of fused-ring (bicyclic) bond motifs is 1. The summed E-state index contributed by atoms with van der Waals surface area (Å²) in [6.45, 7) is 2.75. The molecule has 2 aromatic heterocycles. The molecule has 0 unspecified atom stereocenters. The van der Waals surface area contributed by atoms with E-state index in [1.165, 1.54) is 6.07 Å². The van der Waals surface area contributed by atoms with Crippen molar-refractivity contribution in [2.24, 2.45) is 0 Å². The highest BCUT2D eigenvalue weighted by molar-refractivity contribution is 5.85. The highest BCUT2D eigenvalue weighted by Crippen LogP contribution is 2.29. The van der Waals surface area contributed by atoms with Gasteiger partial charge in [0.2, 0.25) is 5.89 Å². The highest BCUT2D eigenvalue weighted by atomic mass is 16.6. The van der Waals surface area contributed by atoms with Crippen molar-refractivity contribution in [1.82, 2.24) is 15.1 Å². The zero-order chi connectivity index (χ0) is 17.4. The van der Waals surface area contributed by atoms with Crippen molar-refractivity contribution < 1.29 is 14.2 Å². The van der Waals surface area contributed by atoms with E-state index in [1.807, 2.05) is 13.1 Å². The summed E-state index contributed by atoms with van der Waals surface area (Å²) in [4.78, 5) is 18.2. The van der Waals surface area contributed by atoms with E-state index >= 15 is 0 Å². The maximum absolute atomic E-state index is 11.0. The minimum Gasteiger partial charge on any atom is -0.378 e. The number of rotatable bonds is 4. The van der Waals surface area contributed by atoms with E-state index < -0.39 is 4.92 Å². The number of nitrogens with one attached hydrogen (secondary N) is 1. The molecule has 8 nitrogen and oxygen atoms in total. The molecule has 1 aliphatic heterocycles. The summed E-state index contributed by atoms with van der Waals surface area (Å²) in [6.07, 6.45) is 4.25. The SMILES string of the molecule is C[C@H]1C[C@H](c2nc(Cc3c[nH]c4ccc([N+](=O)[O-])cc34)no2)CCO1. The van der Waals surface area contributed by atoms with Crippen molar-refractivity contribution >= 4 is 16.6 Å². The van der Waals surface area contributed by atoms with Crippen molar-refractivity contribution in [2.45, 2.75) is 38.2 Å². The zero-order valence-corrected chi connectivity index (χ0v) is 13.8. The van der Waals surface area contributed by atoms with Crippen LogP contribution in [0.25, 0.3) is 10.9 Å². The van der Waals surface area contributed by atoms with Crippen LogP contribution in [0.5, 0.6) is 0 Å². The number of aromatic nitrogens is 3. The van der Waals surface area contributed by atoms with Gasteiger partial charge in [0.05, 0.1) is 11.0 Å². The van der Waals surface area contributed by atoms with E-state index in [-0.39, 0.29) is 17.7 Å². The van der Waals surface area contributed by atoms with E-state index in [0.29, 0.717) is 24.7 Å². The number of nitro benzene ring substituents is 1. The summed E-state index contributed by atoms with van der Waals surface area (Å²) in [5.41, 5.74) is 1.83. The number of aromatic amines is 1. The fourth-order valence-corrected chi connectivity index (χ4v) is 3.32. The fraction of sp³-hybridized carbons (Fsp3) is 0.412. The predicted molar refractivity (Wildman–Crippen MR) is 89.4 cm³/mol. The van der Waals surface area contributed by atoms with Crippen molar-refractivity contribution in [2.75, 3.05) is 6.61 Å². The Morgan fingerprint density at radius 1 is 1.44 bits per heavy atom. The second-order valence-electron chi connectivity index (χ2n) is 6.43. The Morgan fingerprint density at radius 3 is 3.12 bits per heavy atom. The van der Waals surface area contributed by atoms with Gasteiger partial charge in [0.25, 0.3) is 5.69 Å². The average Bonchev–Trinajstić information content (AvgIpc) is 3.22. The molecule has 1 fully saturated rings. The standard InChI is InChI=1S/C17H18N4O4/c1-10-6-11(4-5-24-10)17-19-16(20-25-17)7-12-9-18-15-3-2-13(21(22)23)8-14(12)15/h2-3,8-11,18H,4-7H2,1H3/t10-,11+/m0/s1. The molecule has 0 aliphatic carbocycles. The summed E-state index contributed by atoms with van der Waals surface area (Å²) in [7, 11) is 0. The number of non-ortho nitro benzene ring substituents is 1. The second kappa shape index (κ2) is 6.29. The quantitative estimate of drug-likeness (QED) is 0.575. The lowest BCUT2D eigenvalue weighted by Crippen LogP contribution is -2.21. The van der Waals surface area contributed by atoms with Crippen LogP contribution in [0.1, 0.15) is 43.0 Å². The lowest BCUT2D eigenvalue weighted by molar-refractivity contribution is -0.384. The number of nitro groups is 1. The minimum atomic E-state index is -0.394. The molecule has 1 saturated heterocycles. The molecule has 1 N–H and O–H groups in total. The van der Waals surface area contributed by atoms with E-state index in [0.717, 1.165) is 29.3 Å². The van der Waals surface area contributed by atoms with Crippen LogP contribution >= 0.6 is 0 Å². The van der Waals surface area contributed by atoms with Crippen molar-refractivity contribution in [3.05, 3.63) is 51.8 Å². The van der Waals surface area contributed by atoms with Crippen LogP contribution in [0.2, 0.25) is 0 Å². The Morgan fingerprint density at radius 2 is 2.32 bits per heavy atom. The summed E-state index contributed by atoms with van der Waals surface area (Å²) < 4.78 is 11.0. The monoisotopic (exact) mass is 342 g/mol. The summed E-state index contributed by atoms with van der Waals surface area (Å²) in [6, 6.07) is 4.77. The van der Waals surface area contributed by atoms with Crippen LogP contribution < -0.4 is 0 Å². The van der Waals surface area contributed by atoms with E-state index in [9.17, 15) is 10.1 Å². The van der Waals surface area contributed by atoms with Gasteiger partial charge in [-0.2, -0.15) is 4.98 Å². The van der Waals surface area contributed by atoms with Gasteiger partial charge in [0.15, 0.2) is 5.82 Å². The second-order valence-corrected chi connectivity index (χ2v) is 6.43. The molecule has 0 bridgehead atoms. The summed E-state index contributed by atoms with van der Waals surface area (Å²) in [5, 5.41) is 15.9. The van der Waals surface area contributed by atoms with Crippen molar-refractivity contribution in [3.8, 4) is 0 Å². The van der Waals surface area contributed by atoms with Gasteiger partial charge < -0.3 is 14.2 Å². The third-order valence-corrected chi connectivity index (χ3v) is 4.63. The topological polar surface area (TPSA) is 107 Å². The van der Waals surface area contributed by atoms with Gasteiger partial charge in [-0.05, 0) is 31.4 Å². The molecule has 25 heavy (non-hydrogen) atoms. The van der Waals surface area contributed by atoms with Crippen LogP contribution in [0, 0.1) is 10.1 Å². The molecule has 8 heteroatoms. The van der Waals surface area contributed by atoms with Crippen LogP contribution in [0.3, 0.4) is 0 Å². The molecule has 0 radical (unpaired) electrons. The molecular formula is C17H18N4O4.